The van der Waals surface area contributed by atoms with E-state index in [9.17, 15) is 9.59 Å². The zero-order valence-electron chi connectivity index (χ0n) is 12.9. The fraction of sp³-hybridized carbons (Fsp3) is 0.500. The number of carbonyl (C=O) groups excluding carboxylic acids is 1. The maximum atomic E-state index is 11.6. The monoisotopic (exact) mass is 293 g/mol. The van der Waals surface area contributed by atoms with Crippen LogP contribution in [-0.2, 0) is 16.0 Å². The predicted octanol–water partition coefficient (Wildman–Crippen LogP) is 2.23. The highest BCUT2D eigenvalue weighted by Gasteiger charge is 2.07. The summed E-state index contributed by atoms with van der Waals surface area (Å²) in [7, 11) is 1.65. The van der Waals surface area contributed by atoms with Gasteiger partial charge in [0.05, 0.1) is 13.5 Å². The van der Waals surface area contributed by atoms with Crippen LogP contribution in [0.1, 0.15) is 36.0 Å². The number of ether oxygens (including phenoxy) is 1. The summed E-state index contributed by atoms with van der Waals surface area (Å²) in [6.07, 6.45) is 1.94. The van der Waals surface area contributed by atoms with Gasteiger partial charge < -0.3 is 15.2 Å². The first-order valence-electron chi connectivity index (χ1n) is 7.06. The van der Waals surface area contributed by atoms with Crippen LogP contribution in [0, 0.1) is 13.8 Å². The number of hydrogen-bond acceptors (Lipinski definition) is 3. The topological polar surface area (TPSA) is 75.6 Å². The molecule has 0 atom stereocenters. The summed E-state index contributed by atoms with van der Waals surface area (Å²) in [6, 6.07) is 3.99. The Bertz CT molecular complexity index is 488. The highest BCUT2D eigenvalue weighted by atomic mass is 16.5. The lowest BCUT2D eigenvalue weighted by Gasteiger charge is -2.12. The van der Waals surface area contributed by atoms with Crippen LogP contribution < -0.4 is 10.1 Å². The molecule has 0 heterocycles. The number of methoxy groups -OCH3 is 1. The number of aryl methyl sites for hydroxylation is 2. The fourth-order valence-corrected chi connectivity index (χ4v) is 2.29. The first-order chi connectivity index (χ1) is 9.93. The zero-order valence-corrected chi connectivity index (χ0v) is 12.9. The number of aliphatic carboxylic acids is 1. The molecule has 5 nitrogen and oxygen atoms in total. The van der Waals surface area contributed by atoms with Crippen molar-refractivity contribution in [2.75, 3.05) is 13.7 Å². The number of carboxylic acid groups (broad SMARTS) is 1. The van der Waals surface area contributed by atoms with Gasteiger partial charge in [0.25, 0.3) is 0 Å². The molecule has 2 N–H and O–H groups in total. The first kappa shape index (κ1) is 17.0. The van der Waals surface area contributed by atoms with Crippen molar-refractivity contribution < 1.29 is 19.4 Å². The maximum Gasteiger partial charge on any atom is 0.305 e. The van der Waals surface area contributed by atoms with Gasteiger partial charge in [-0.25, -0.2) is 0 Å². The van der Waals surface area contributed by atoms with Gasteiger partial charge >= 0.3 is 5.97 Å². The third-order valence-electron chi connectivity index (χ3n) is 3.40. The van der Waals surface area contributed by atoms with Gasteiger partial charge in [-0.15, -0.1) is 0 Å². The molecule has 0 bridgehead atoms. The van der Waals surface area contributed by atoms with Gasteiger partial charge in [-0.3, -0.25) is 9.59 Å². The van der Waals surface area contributed by atoms with Crippen LogP contribution in [0.5, 0.6) is 5.75 Å². The first-order valence-corrected chi connectivity index (χ1v) is 7.06. The van der Waals surface area contributed by atoms with Gasteiger partial charge in [-0.2, -0.15) is 0 Å². The molecule has 1 amide bonds. The minimum absolute atomic E-state index is 0.0392. The van der Waals surface area contributed by atoms with Crippen LogP contribution in [0.4, 0.5) is 0 Å². The third kappa shape index (κ3) is 5.85. The summed E-state index contributed by atoms with van der Waals surface area (Å²) in [5.74, 6) is -0.153. The molecule has 0 saturated heterocycles. The van der Waals surface area contributed by atoms with Crippen molar-refractivity contribution in [3.63, 3.8) is 0 Å². The Morgan fingerprint density at radius 2 is 1.81 bits per heavy atom. The number of carboxylic acids is 1. The van der Waals surface area contributed by atoms with E-state index in [4.69, 9.17) is 9.84 Å². The second-order valence-corrected chi connectivity index (χ2v) is 5.09. The largest absolute Gasteiger partial charge is 0.497 e. The van der Waals surface area contributed by atoms with Crippen molar-refractivity contribution in [3.8, 4) is 5.75 Å². The van der Waals surface area contributed by atoms with E-state index in [-0.39, 0.29) is 18.9 Å². The molecule has 0 fully saturated rings. The second-order valence-electron chi connectivity index (χ2n) is 5.09. The van der Waals surface area contributed by atoms with Gasteiger partial charge in [0.2, 0.25) is 5.91 Å². The van der Waals surface area contributed by atoms with E-state index in [0.717, 1.165) is 29.7 Å². The highest BCUT2D eigenvalue weighted by molar-refractivity contribution is 5.76. The van der Waals surface area contributed by atoms with Gasteiger partial charge in [-0.05, 0) is 55.5 Å². The van der Waals surface area contributed by atoms with Gasteiger partial charge in [-0.1, -0.05) is 0 Å². The summed E-state index contributed by atoms with van der Waals surface area (Å²) in [6.45, 7) is 4.27. The number of amides is 1. The minimum Gasteiger partial charge on any atom is -0.497 e. The Hall–Kier alpha value is -2.04. The van der Waals surface area contributed by atoms with E-state index < -0.39 is 5.97 Å². The Balaban J connectivity index is 2.42. The second kappa shape index (κ2) is 8.29. The molecule has 0 saturated carbocycles. The maximum absolute atomic E-state index is 11.6. The molecule has 1 aromatic carbocycles. The minimum atomic E-state index is -0.903. The molecule has 116 valence electrons. The zero-order chi connectivity index (χ0) is 15.8. The summed E-state index contributed by atoms with van der Waals surface area (Å²) in [5.41, 5.74) is 3.57. The molecule has 0 aliphatic heterocycles. The standard InChI is InChI=1S/C16H23NO4/c1-11-9-13(21-3)10-12(2)14(11)5-4-6-15(18)17-8-7-16(19)20/h9-10H,4-8H2,1-3H3,(H,17,18)(H,19,20). The van der Waals surface area contributed by atoms with Crippen molar-refractivity contribution in [3.05, 3.63) is 28.8 Å². The Kier molecular flexibility index (Phi) is 6.72. The SMILES string of the molecule is COc1cc(C)c(CCCC(=O)NCCC(=O)O)c(C)c1. The Morgan fingerprint density at radius 1 is 1.19 bits per heavy atom. The molecule has 0 unspecified atom stereocenters. The quantitative estimate of drug-likeness (QED) is 0.770. The molecule has 5 heteroatoms. The molecule has 0 aromatic heterocycles. The summed E-state index contributed by atoms with van der Waals surface area (Å²) in [5, 5.41) is 11.1. The molecule has 0 aliphatic carbocycles. The lowest BCUT2D eigenvalue weighted by Crippen LogP contribution is -2.25. The third-order valence-corrected chi connectivity index (χ3v) is 3.40. The molecule has 0 spiro atoms. The lowest BCUT2D eigenvalue weighted by molar-refractivity contribution is -0.136. The van der Waals surface area contributed by atoms with Crippen molar-refractivity contribution in [1.29, 1.82) is 0 Å². The van der Waals surface area contributed by atoms with E-state index in [1.165, 1.54) is 5.56 Å². The number of hydrogen-bond donors (Lipinski definition) is 2. The van der Waals surface area contributed by atoms with E-state index in [1.807, 2.05) is 26.0 Å². The highest BCUT2D eigenvalue weighted by Crippen LogP contribution is 2.23. The van der Waals surface area contributed by atoms with E-state index in [2.05, 4.69) is 5.32 Å². The van der Waals surface area contributed by atoms with Crippen LogP contribution >= 0.6 is 0 Å². The van der Waals surface area contributed by atoms with Crippen molar-refractivity contribution in [1.82, 2.24) is 5.32 Å². The number of nitrogens with one attached hydrogen (secondary N) is 1. The predicted molar refractivity (Wildman–Crippen MR) is 80.7 cm³/mol. The molecule has 0 aliphatic rings. The fourth-order valence-electron chi connectivity index (χ4n) is 2.29. The summed E-state index contributed by atoms with van der Waals surface area (Å²) >= 11 is 0. The molecular weight excluding hydrogens is 270 g/mol. The molecule has 0 radical (unpaired) electrons. The Morgan fingerprint density at radius 3 is 2.33 bits per heavy atom. The summed E-state index contributed by atoms with van der Waals surface area (Å²) < 4.78 is 5.23. The number of carbonyl (C=O) groups is 2. The smallest absolute Gasteiger partial charge is 0.305 e. The molecule has 1 rings (SSSR count). The van der Waals surface area contributed by atoms with Crippen LogP contribution in [0.3, 0.4) is 0 Å². The number of benzene rings is 1. The summed E-state index contributed by atoms with van der Waals surface area (Å²) in [4.78, 5) is 21.9. The van der Waals surface area contributed by atoms with Gasteiger partial charge in [0.15, 0.2) is 0 Å². The number of rotatable bonds is 8. The molecule has 1 aromatic rings. The molecule has 21 heavy (non-hydrogen) atoms. The van der Waals surface area contributed by atoms with Crippen LogP contribution in [0.2, 0.25) is 0 Å². The Labute approximate surface area is 125 Å². The molecular formula is C16H23NO4. The van der Waals surface area contributed by atoms with Crippen molar-refractivity contribution in [2.24, 2.45) is 0 Å². The van der Waals surface area contributed by atoms with Gasteiger partial charge in [0.1, 0.15) is 5.75 Å². The van der Waals surface area contributed by atoms with E-state index in [1.54, 1.807) is 7.11 Å². The average Bonchev–Trinajstić information content (AvgIpc) is 2.41. The average molecular weight is 293 g/mol. The van der Waals surface area contributed by atoms with E-state index in [0.29, 0.717) is 6.42 Å². The van der Waals surface area contributed by atoms with E-state index >= 15 is 0 Å². The van der Waals surface area contributed by atoms with Crippen LogP contribution in [-0.4, -0.2) is 30.6 Å². The van der Waals surface area contributed by atoms with Crippen LogP contribution in [0.25, 0.3) is 0 Å². The van der Waals surface area contributed by atoms with Crippen LogP contribution in [0.15, 0.2) is 12.1 Å². The van der Waals surface area contributed by atoms with Gasteiger partial charge in [0, 0.05) is 13.0 Å². The van der Waals surface area contributed by atoms with Crippen molar-refractivity contribution >= 4 is 11.9 Å². The lowest BCUT2D eigenvalue weighted by atomic mass is 9.97. The van der Waals surface area contributed by atoms with Crippen molar-refractivity contribution in [2.45, 2.75) is 39.5 Å². The normalized spacial score (nSPS) is 10.2.